The fraction of sp³-hybridized carbons (Fsp3) is 0.214. The van der Waals surface area contributed by atoms with E-state index in [0.29, 0.717) is 42.6 Å². The van der Waals surface area contributed by atoms with Crippen LogP contribution in [0.1, 0.15) is 32.0 Å². The lowest BCUT2D eigenvalue weighted by molar-refractivity contribution is 0.0733. The molecule has 0 bridgehead atoms. The van der Waals surface area contributed by atoms with E-state index in [-0.39, 0.29) is 23.5 Å². The number of carbonyl (C=O) groups excluding carboxylic acids is 2. The van der Waals surface area contributed by atoms with Gasteiger partial charge in [0.15, 0.2) is 0 Å². The number of fused-ring (bicyclic) bond motifs is 2. The van der Waals surface area contributed by atoms with E-state index in [0.717, 1.165) is 35.3 Å². The van der Waals surface area contributed by atoms with Gasteiger partial charge in [0.1, 0.15) is 5.69 Å². The average Bonchev–Trinajstić information content (AvgIpc) is 3.36. The van der Waals surface area contributed by atoms with Gasteiger partial charge in [-0.25, -0.2) is 9.97 Å². The molecule has 0 radical (unpaired) electrons. The molecular formula is C28H26N6O2. The highest BCUT2D eigenvalue weighted by Gasteiger charge is 2.27. The fourth-order valence-corrected chi connectivity index (χ4v) is 5.06. The Kier molecular flexibility index (Phi) is 5.58. The molecule has 6 rings (SSSR count). The van der Waals surface area contributed by atoms with E-state index in [4.69, 9.17) is 5.73 Å². The number of carbonyl (C=O) groups is 2. The second-order valence-corrected chi connectivity index (χ2v) is 9.18. The zero-order valence-corrected chi connectivity index (χ0v) is 19.8. The molecule has 3 heterocycles. The van der Waals surface area contributed by atoms with Gasteiger partial charge in [-0.2, -0.15) is 0 Å². The third-order valence-corrected chi connectivity index (χ3v) is 6.92. The van der Waals surface area contributed by atoms with Gasteiger partial charge in [0.25, 0.3) is 11.8 Å². The Morgan fingerprint density at radius 2 is 1.50 bits per heavy atom. The van der Waals surface area contributed by atoms with Crippen LogP contribution in [-0.4, -0.2) is 57.8 Å². The molecule has 8 nitrogen and oxygen atoms in total. The van der Waals surface area contributed by atoms with Crippen LogP contribution in [0.25, 0.3) is 22.0 Å². The molecule has 1 saturated heterocycles. The topological polar surface area (TPSA) is 104 Å². The minimum atomic E-state index is -0.187. The predicted molar refractivity (Wildman–Crippen MR) is 138 cm³/mol. The number of hydrogen-bond acceptors (Lipinski definition) is 6. The highest BCUT2D eigenvalue weighted by Crippen LogP contribution is 2.31. The van der Waals surface area contributed by atoms with E-state index in [2.05, 4.69) is 15.3 Å². The van der Waals surface area contributed by atoms with Crippen LogP contribution in [0, 0.1) is 0 Å². The second-order valence-electron chi connectivity index (χ2n) is 9.18. The number of rotatable bonds is 3. The number of hydrogen-bond donors (Lipinski definition) is 2. The van der Waals surface area contributed by atoms with Crippen LogP contribution < -0.4 is 11.1 Å². The number of anilines is 1. The molecule has 8 heteroatoms. The molecule has 0 aliphatic carbocycles. The summed E-state index contributed by atoms with van der Waals surface area (Å²) in [5.74, 6) is -0.121. The van der Waals surface area contributed by atoms with Crippen LogP contribution in [0.2, 0.25) is 0 Å². The van der Waals surface area contributed by atoms with Crippen molar-refractivity contribution < 1.29 is 9.59 Å². The molecule has 2 amide bonds. The Balaban J connectivity index is 1.40. The molecule has 0 unspecified atom stereocenters. The van der Waals surface area contributed by atoms with Crippen molar-refractivity contribution in [2.45, 2.75) is 13.1 Å². The summed E-state index contributed by atoms with van der Waals surface area (Å²) in [6.07, 6.45) is 0. The molecule has 2 aliphatic rings. The Morgan fingerprint density at radius 1 is 0.806 bits per heavy atom. The van der Waals surface area contributed by atoms with Crippen molar-refractivity contribution in [3.63, 3.8) is 0 Å². The largest absolute Gasteiger partial charge is 0.368 e. The maximum absolute atomic E-state index is 13.6. The first-order chi connectivity index (χ1) is 17.6. The summed E-state index contributed by atoms with van der Waals surface area (Å²) in [5.41, 5.74) is 11.4. The van der Waals surface area contributed by atoms with Crippen LogP contribution in [0.3, 0.4) is 0 Å². The van der Waals surface area contributed by atoms with E-state index in [9.17, 15) is 9.59 Å². The maximum atomic E-state index is 13.6. The number of nitrogens with one attached hydrogen (secondary N) is 1. The number of nitrogens with two attached hydrogens (primary N) is 1. The van der Waals surface area contributed by atoms with Crippen molar-refractivity contribution in [3.8, 4) is 11.1 Å². The molecule has 1 aromatic heterocycles. The van der Waals surface area contributed by atoms with Crippen molar-refractivity contribution in [3.05, 3.63) is 89.1 Å². The Morgan fingerprint density at radius 3 is 2.25 bits per heavy atom. The van der Waals surface area contributed by atoms with Gasteiger partial charge in [-0.15, -0.1) is 0 Å². The number of piperazine rings is 1. The molecule has 180 valence electrons. The average molecular weight is 479 g/mol. The van der Waals surface area contributed by atoms with Crippen molar-refractivity contribution >= 4 is 28.7 Å². The summed E-state index contributed by atoms with van der Waals surface area (Å²) in [6, 6.07) is 21.3. The summed E-state index contributed by atoms with van der Waals surface area (Å²) >= 11 is 0. The van der Waals surface area contributed by atoms with Gasteiger partial charge in [0.05, 0.1) is 5.52 Å². The van der Waals surface area contributed by atoms with E-state index in [1.807, 2.05) is 71.6 Å². The summed E-state index contributed by atoms with van der Waals surface area (Å²) < 4.78 is 0. The van der Waals surface area contributed by atoms with Gasteiger partial charge < -0.3 is 20.9 Å². The number of amides is 2. The second kappa shape index (κ2) is 9.05. The van der Waals surface area contributed by atoms with Gasteiger partial charge in [0, 0.05) is 50.2 Å². The number of benzene rings is 3. The van der Waals surface area contributed by atoms with Gasteiger partial charge >= 0.3 is 0 Å². The quantitative estimate of drug-likeness (QED) is 0.469. The molecule has 2 aliphatic heterocycles. The lowest BCUT2D eigenvalue weighted by atomic mass is 9.96. The van der Waals surface area contributed by atoms with E-state index in [1.54, 1.807) is 4.90 Å². The summed E-state index contributed by atoms with van der Waals surface area (Å²) in [7, 11) is 0. The monoisotopic (exact) mass is 478 g/mol. The smallest absolute Gasteiger partial charge is 0.273 e. The van der Waals surface area contributed by atoms with Crippen LogP contribution in [0.5, 0.6) is 0 Å². The van der Waals surface area contributed by atoms with Gasteiger partial charge in [-0.3, -0.25) is 9.59 Å². The SMILES string of the molecule is Nc1nc(C(=O)N2Cc3ccccc3C2)c2cc(-c3ccccc3C(=O)N3CCNCC3)ccc2n1. The first-order valence-electron chi connectivity index (χ1n) is 12.1. The van der Waals surface area contributed by atoms with Crippen LogP contribution in [0.15, 0.2) is 66.7 Å². The number of nitrogen functional groups attached to an aromatic ring is 1. The zero-order valence-electron chi connectivity index (χ0n) is 19.8. The molecule has 3 N–H and O–H groups in total. The molecule has 36 heavy (non-hydrogen) atoms. The van der Waals surface area contributed by atoms with Crippen molar-refractivity contribution in [1.29, 1.82) is 0 Å². The third kappa shape index (κ3) is 3.95. The van der Waals surface area contributed by atoms with Gasteiger partial charge in [-0.05, 0) is 40.5 Å². The highest BCUT2D eigenvalue weighted by atomic mass is 16.2. The Hall–Kier alpha value is -4.30. The molecule has 0 atom stereocenters. The van der Waals surface area contributed by atoms with Crippen LogP contribution in [-0.2, 0) is 13.1 Å². The Bertz CT molecular complexity index is 1470. The molecule has 3 aromatic carbocycles. The third-order valence-electron chi connectivity index (χ3n) is 6.92. The highest BCUT2D eigenvalue weighted by molar-refractivity contribution is 6.07. The normalized spacial score (nSPS) is 15.2. The lowest BCUT2D eigenvalue weighted by Gasteiger charge is -2.28. The fourth-order valence-electron chi connectivity index (χ4n) is 5.06. The van der Waals surface area contributed by atoms with E-state index in [1.165, 1.54) is 0 Å². The zero-order chi connectivity index (χ0) is 24.6. The van der Waals surface area contributed by atoms with Crippen molar-refractivity contribution in [2.75, 3.05) is 31.9 Å². The molecular weight excluding hydrogens is 452 g/mol. The van der Waals surface area contributed by atoms with Gasteiger partial charge in [0.2, 0.25) is 5.95 Å². The minimum Gasteiger partial charge on any atom is -0.368 e. The molecule has 1 fully saturated rings. The summed E-state index contributed by atoms with van der Waals surface area (Å²) in [5, 5.41) is 3.90. The molecule has 4 aromatic rings. The van der Waals surface area contributed by atoms with Gasteiger partial charge in [-0.1, -0.05) is 48.5 Å². The summed E-state index contributed by atoms with van der Waals surface area (Å²) in [6.45, 7) is 3.98. The van der Waals surface area contributed by atoms with Crippen LogP contribution >= 0.6 is 0 Å². The summed E-state index contributed by atoms with van der Waals surface area (Å²) in [4.78, 5) is 39.4. The standard InChI is InChI=1S/C28H26N6O2/c29-28-31-24-10-9-18(21-7-3-4-8-22(21)26(35)33-13-11-30-12-14-33)15-23(24)25(32-28)27(36)34-16-19-5-1-2-6-20(19)17-34/h1-10,15,30H,11-14,16-17H2,(H2,29,31,32). The van der Waals surface area contributed by atoms with Crippen molar-refractivity contribution in [1.82, 2.24) is 25.1 Å². The maximum Gasteiger partial charge on any atom is 0.273 e. The lowest BCUT2D eigenvalue weighted by Crippen LogP contribution is -2.46. The molecule has 0 spiro atoms. The number of nitrogens with zero attached hydrogens (tertiary/aromatic N) is 4. The first kappa shape index (κ1) is 22.2. The first-order valence-corrected chi connectivity index (χ1v) is 12.1. The van der Waals surface area contributed by atoms with E-state index >= 15 is 0 Å². The Labute approximate surface area is 208 Å². The number of aromatic nitrogens is 2. The molecule has 0 saturated carbocycles. The van der Waals surface area contributed by atoms with E-state index < -0.39 is 0 Å². The van der Waals surface area contributed by atoms with Crippen molar-refractivity contribution in [2.24, 2.45) is 0 Å². The predicted octanol–water partition coefficient (Wildman–Crippen LogP) is 3.08. The van der Waals surface area contributed by atoms with Crippen LogP contribution in [0.4, 0.5) is 5.95 Å². The minimum absolute atomic E-state index is 0.00637.